The minimum absolute atomic E-state index is 0.0893. The number of fused-ring (bicyclic) bond motifs is 1. The van der Waals surface area contributed by atoms with Gasteiger partial charge in [-0.2, -0.15) is 0 Å². The third kappa shape index (κ3) is 9.18. The van der Waals surface area contributed by atoms with Gasteiger partial charge in [-0.05, 0) is 62.3 Å². The van der Waals surface area contributed by atoms with Gasteiger partial charge in [-0.1, -0.05) is 64.9 Å². The molecule has 0 fully saturated rings. The second kappa shape index (κ2) is 16.9. The molecule has 0 spiro atoms. The van der Waals surface area contributed by atoms with E-state index in [4.69, 9.17) is 0 Å². The molecule has 1 amide bonds. The highest BCUT2D eigenvalue weighted by atomic mass is 32.2. The van der Waals surface area contributed by atoms with Crippen molar-refractivity contribution in [3.8, 4) is 0 Å². The maximum Gasteiger partial charge on any atom is 0.255 e. The van der Waals surface area contributed by atoms with E-state index < -0.39 is 6.04 Å². The van der Waals surface area contributed by atoms with Gasteiger partial charge in [0.1, 0.15) is 12.6 Å². The average molecular weight is 489 g/mol. The summed E-state index contributed by atoms with van der Waals surface area (Å²) >= 11 is 1.82. The van der Waals surface area contributed by atoms with E-state index in [0.29, 0.717) is 24.9 Å². The minimum Gasteiger partial charge on any atom is -0.324 e. The number of unbranched alkanes of at least 4 members (excludes halogenated alkanes) is 8. The fourth-order valence-electron chi connectivity index (χ4n) is 4.66. The first kappa shape index (κ1) is 28.6. The normalized spacial score (nSPS) is 14.0. The number of rotatable bonds is 20. The SMILES string of the molecule is CCN(CC)CCCCCCCCCCCSc1cccc2c1CN(C(C=O)CCC=O)C2=O. The van der Waals surface area contributed by atoms with Gasteiger partial charge in [-0.25, -0.2) is 0 Å². The average Bonchev–Trinajstić information content (AvgIpc) is 3.20. The molecule has 1 heterocycles. The van der Waals surface area contributed by atoms with E-state index in [1.807, 2.05) is 23.9 Å². The van der Waals surface area contributed by atoms with Crippen LogP contribution in [0.15, 0.2) is 23.1 Å². The Hall–Kier alpha value is -1.66. The molecule has 1 aromatic carbocycles. The summed E-state index contributed by atoms with van der Waals surface area (Å²) in [6.07, 6.45) is 14.1. The number of carbonyl (C=O) groups is 3. The van der Waals surface area contributed by atoms with Crippen molar-refractivity contribution in [1.82, 2.24) is 9.80 Å². The van der Waals surface area contributed by atoms with E-state index in [1.165, 1.54) is 77.4 Å². The van der Waals surface area contributed by atoms with Gasteiger partial charge < -0.3 is 19.4 Å². The molecule has 2 rings (SSSR count). The van der Waals surface area contributed by atoms with Crippen LogP contribution in [0.25, 0.3) is 0 Å². The van der Waals surface area contributed by atoms with Gasteiger partial charge in [0.05, 0.1) is 6.04 Å². The van der Waals surface area contributed by atoms with Crippen molar-refractivity contribution in [2.75, 3.05) is 25.4 Å². The number of hydrogen-bond acceptors (Lipinski definition) is 5. The van der Waals surface area contributed by atoms with Crippen molar-refractivity contribution in [3.05, 3.63) is 29.3 Å². The smallest absolute Gasteiger partial charge is 0.255 e. The summed E-state index contributed by atoms with van der Waals surface area (Å²) in [6, 6.07) is 5.35. The van der Waals surface area contributed by atoms with Gasteiger partial charge in [0.25, 0.3) is 5.91 Å². The summed E-state index contributed by atoms with van der Waals surface area (Å²) in [7, 11) is 0. The highest BCUT2D eigenvalue weighted by molar-refractivity contribution is 7.99. The molecule has 1 atom stereocenters. The third-order valence-electron chi connectivity index (χ3n) is 6.86. The quantitative estimate of drug-likeness (QED) is 0.125. The highest BCUT2D eigenvalue weighted by Gasteiger charge is 2.33. The second-order valence-corrected chi connectivity index (χ2v) is 10.4. The van der Waals surface area contributed by atoms with Crippen molar-refractivity contribution in [3.63, 3.8) is 0 Å². The lowest BCUT2D eigenvalue weighted by molar-refractivity contribution is -0.112. The van der Waals surface area contributed by atoms with Crippen molar-refractivity contribution in [2.45, 2.75) is 102 Å². The van der Waals surface area contributed by atoms with Crippen LogP contribution in [0.2, 0.25) is 0 Å². The summed E-state index contributed by atoms with van der Waals surface area (Å²) in [5, 5.41) is 0. The Bertz CT molecular complexity index is 751. The Labute approximate surface area is 211 Å². The highest BCUT2D eigenvalue weighted by Crippen LogP contribution is 2.34. The molecule has 1 aromatic rings. The predicted molar refractivity (Wildman–Crippen MR) is 142 cm³/mol. The lowest BCUT2D eigenvalue weighted by Gasteiger charge is -2.22. The molecular weight excluding hydrogens is 444 g/mol. The van der Waals surface area contributed by atoms with Crippen molar-refractivity contribution >= 4 is 30.2 Å². The van der Waals surface area contributed by atoms with Crippen LogP contribution in [0.5, 0.6) is 0 Å². The first-order valence-electron chi connectivity index (χ1n) is 13.3. The van der Waals surface area contributed by atoms with Gasteiger partial charge in [0, 0.05) is 23.4 Å². The maximum atomic E-state index is 12.8. The van der Waals surface area contributed by atoms with Crippen molar-refractivity contribution < 1.29 is 14.4 Å². The third-order valence-corrected chi connectivity index (χ3v) is 8.05. The molecule has 0 saturated heterocycles. The number of amides is 1. The number of carbonyl (C=O) groups excluding carboxylic acids is 3. The van der Waals surface area contributed by atoms with E-state index in [2.05, 4.69) is 24.8 Å². The maximum absolute atomic E-state index is 12.8. The zero-order valence-corrected chi connectivity index (χ0v) is 22.1. The van der Waals surface area contributed by atoms with Crippen LogP contribution in [-0.2, 0) is 16.1 Å². The van der Waals surface area contributed by atoms with Crippen LogP contribution in [0.1, 0.15) is 100 Å². The monoisotopic (exact) mass is 488 g/mol. The zero-order chi connectivity index (χ0) is 24.6. The predicted octanol–water partition coefficient (Wildman–Crippen LogP) is 6.13. The number of aldehydes is 2. The Morgan fingerprint density at radius 2 is 1.62 bits per heavy atom. The van der Waals surface area contributed by atoms with Gasteiger partial charge >= 0.3 is 0 Å². The zero-order valence-electron chi connectivity index (χ0n) is 21.3. The first-order chi connectivity index (χ1) is 16.7. The number of benzene rings is 1. The molecule has 190 valence electrons. The Morgan fingerprint density at radius 1 is 0.971 bits per heavy atom. The molecule has 34 heavy (non-hydrogen) atoms. The molecule has 0 aliphatic carbocycles. The molecule has 1 aliphatic rings. The number of nitrogens with zero attached hydrogens (tertiary/aromatic N) is 2. The van der Waals surface area contributed by atoms with E-state index >= 15 is 0 Å². The van der Waals surface area contributed by atoms with Crippen LogP contribution >= 0.6 is 11.8 Å². The van der Waals surface area contributed by atoms with Gasteiger partial charge in [-0.15, -0.1) is 11.8 Å². The molecular formula is C28H44N2O3S. The van der Waals surface area contributed by atoms with E-state index in [0.717, 1.165) is 28.8 Å². The summed E-state index contributed by atoms with van der Waals surface area (Å²) in [5.41, 5.74) is 1.75. The Morgan fingerprint density at radius 3 is 2.24 bits per heavy atom. The minimum atomic E-state index is -0.523. The van der Waals surface area contributed by atoms with E-state index in [-0.39, 0.29) is 5.91 Å². The molecule has 0 N–H and O–H groups in total. The van der Waals surface area contributed by atoms with E-state index in [1.54, 1.807) is 4.90 Å². The van der Waals surface area contributed by atoms with Gasteiger partial charge in [-0.3, -0.25) is 4.79 Å². The molecule has 0 radical (unpaired) electrons. The number of thioether (sulfide) groups is 1. The van der Waals surface area contributed by atoms with Crippen LogP contribution in [-0.4, -0.2) is 59.7 Å². The summed E-state index contributed by atoms with van der Waals surface area (Å²) in [4.78, 5) is 40.3. The molecule has 1 unspecified atom stereocenters. The molecule has 5 nitrogen and oxygen atoms in total. The summed E-state index contributed by atoms with van der Waals surface area (Å²) in [6.45, 7) is 8.54. The first-order valence-corrected chi connectivity index (χ1v) is 14.3. The van der Waals surface area contributed by atoms with Gasteiger partial charge in [0.2, 0.25) is 0 Å². The Balaban J connectivity index is 1.61. The molecule has 0 bridgehead atoms. The molecule has 0 saturated carbocycles. The Kier molecular flexibility index (Phi) is 14.2. The van der Waals surface area contributed by atoms with Crippen LogP contribution in [0.4, 0.5) is 0 Å². The fraction of sp³-hybridized carbons (Fsp3) is 0.679. The van der Waals surface area contributed by atoms with Crippen molar-refractivity contribution in [1.29, 1.82) is 0 Å². The lowest BCUT2D eigenvalue weighted by Crippen LogP contribution is -2.36. The van der Waals surface area contributed by atoms with Crippen LogP contribution in [0, 0.1) is 0 Å². The van der Waals surface area contributed by atoms with Gasteiger partial charge in [0.15, 0.2) is 0 Å². The fourth-order valence-corrected chi connectivity index (χ4v) is 5.75. The molecule has 6 heteroatoms. The molecule has 1 aliphatic heterocycles. The largest absolute Gasteiger partial charge is 0.324 e. The standard InChI is InChI=1S/C28H44N2O3S/c1-3-29(4-2)19-12-10-8-6-5-7-9-11-13-21-34-27-18-14-17-25-26(27)22-30(28(25)33)24(23-32)16-15-20-31/h14,17-18,20,23-24H,3-13,15-16,19,21-22H2,1-2H3. The lowest BCUT2D eigenvalue weighted by atomic mass is 10.1. The summed E-state index contributed by atoms with van der Waals surface area (Å²) in [5.74, 6) is 0.964. The molecule has 0 aromatic heterocycles. The van der Waals surface area contributed by atoms with Crippen LogP contribution < -0.4 is 0 Å². The van der Waals surface area contributed by atoms with Crippen molar-refractivity contribution in [2.24, 2.45) is 0 Å². The topological polar surface area (TPSA) is 57.7 Å². The summed E-state index contributed by atoms with van der Waals surface area (Å²) < 4.78 is 0. The van der Waals surface area contributed by atoms with Crippen LogP contribution in [0.3, 0.4) is 0 Å². The van der Waals surface area contributed by atoms with E-state index in [9.17, 15) is 14.4 Å². The number of hydrogen-bond donors (Lipinski definition) is 0. The second-order valence-electron chi connectivity index (χ2n) is 9.22.